The molecule has 1 atom stereocenters. The Labute approximate surface area is 132 Å². The Bertz CT molecular complexity index is 439. The SMILES string of the molecule is NCCCNCC1CCCCN1C(=O)OCc1ccccc1. The first kappa shape index (κ1) is 16.8. The third-order valence-corrected chi connectivity index (χ3v) is 4.00. The van der Waals surface area contributed by atoms with Crippen LogP contribution in [0.25, 0.3) is 0 Å². The molecule has 22 heavy (non-hydrogen) atoms. The number of carbonyl (C=O) groups is 1. The molecule has 0 radical (unpaired) electrons. The predicted octanol–water partition coefficient (Wildman–Crippen LogP) is 2.12. The van der Waals surface area contributed by atoms with Crippen molar-refractivity contribution in [3.05, 3.63) is 35.9 Å². The van der Waals surface area contributed by atoms with Gasteiger partial charge in [-0.15, -0.1) is 0 Å². The molecule has 0 bridgehead atoms. The van der Waals surface area contributed by atoms with Crippen molar-refractivity contribution in [2.45, 2.75) is 38.3 Å². The molecule has 0 aliphatic carbocycles. The highest BCUT2D eigenvalue weighted by Gasteiger charge is 2.27. The molecule has 1 aliphatic heterocycles. The van der Waals surface area contributed by atoms with Crippen molar-refractivity contribution in [1.82, 2.24) is 10.2 Å². The van der Waals surface area contributed by atoms with Crippen LogP contribution in [-0.2, 0) is 11.3 Å². The Balaban J connectivity index is 1.80. The second-order valence-electron chi connectivity index (χ2n) is 5.73. The maximum atomic E-state index is 12.3. The van der Waals surface area contributed by atoms with Gasteiger partial charge in [0.05, 0.1) is 0 Å². The third-order valence-electron chi connectivity index (χ3n) is 4.00. The van der Waals surface area contributed by atoms with Gasteiger partial charge in [0.2, 0.25) is 0 Å². The fourth-order valence-corrected chi connectivity index (χ4v) is 2.75. The van der Waals surface area contributed by atoms with Crippen molar-refractivity contribution in [3.63, 3.8) is 0 Å². The molecule has 1 saturated heterocycles. The second kappa shape index (κ2) is 9.43. The molecule has 1 unspecified atom stereocenters. The van der Waals surface area contributed by atoms with E-state index in [9.17, 15) is 4.79 Å². The number of nitrogens with zero attached hydrogens (tertiary/aromatic N) is 1. The lowest BCUT2D eigenvalue weighted by molar-refractivity contribution is 0.0680. The Morgan fingerprint density at radius 3 is 2.91 bits per heavy atom. The number of carbonyl (C=O) groups excluding carboxylic acids is 1. The lowest BCUT2D eigenvalue weighted by Gasteiger charge is -2.35. The molecule has 1 aromatic rings. The van der Waals surface area contributed by atoms with Gasteiger partial charge in [-0.2, -0.15) is 0 Å². The van der Waals surface area contributed by atoms with E-state index >= 15 is 0 Å². The van der Waals surface area contributed by atoms with Gasteiger partial charge in [0.1, 0.15) is 6.61 Å². The van der Waals surface area contributed by atoms with Crippen LogP contribution in [0, 0.1) is 0 Å². The summed E-state index contributed by atoms with van der Waals surface area (Å²) in [7, 11) is 0. The molecule has 2 rings (SSSR count). The van der Waals surface area contributed by atoms with Gasteiger partial charge in [-0.3, -0.25) is 0 Å². The van der Waals surface area contributed by atoms with Gasteiger partial charge in [-0.25, -0.2) is 4.79 Å². The number of benzene rings is 1. The fraction of sp³-hybridized carbons (Fsp3) is 0.588. The summed E-state index contributed by atoms with van der Waals surface area (Å²) < 4.78 is 5.46. The Hall–Kier alpha value is -1.59. The number of likely N-dealkylation sites (tertiary alicyclic amines) is 1. The van der Waals surface area contributed by atoms with Crippen LogP contribution < -0.4 is 11.1 Å². The highest BCUT2D eigenvalue weighted by molar-refractivity contribution is 5.68. The summed E-state index contributed by atoms with van der Waals surface area (Å²) in [5.74, 6) is 0. The van der Waals surface area contributed by atoms with Crippen LogP contribution in [0.15, 0.2) is 30.3 Å². The van der Waals surface area contributed by atoms with Crippen molar-refractivity contribution in [3.8, 4) is 0 Å². The Morgan fingerprint density at radius 1 is 1.32 bits per heavy atom. The molecule has 5 nitrogen and oxygen atoms in total. The number of ether oxygens (including phenoxy) is 1. The summed E-state index contributed by atoms with van der Waals surface area (Å²) in [5.41, 5.74) is 6.51. The minimum atomic E-state index is -0.200. The van der Waals surface area contributed by atoms with Gasteiger partial charge in [0.15, 0.2) is 0 Å². The average Bonchev–Trinajstić information content (AvgIpc) is 2.58. The van der Waals surface area contributed by atoms with Crippen LogP contribution in [0.5, 0.6) is 0 Å². The molecule has 1 aromatic carbocycles. The summed E-state index contributed by atoms with van der Waals surface area (Å²) in [5, 5.41) is 3.39. The Kier molecular flexibility index (Phi) is 7.19. The summed E-state index contributed by atoms with van der Waals surface area (Å²) >= 11 is 0. The van der Waals surface area contributed by atoms with Crippen LogP contribution in [-0.4, -0.2) is 43.2 Å². The van der Waals surface area contributed by atoms with E-state index in [2.05, 4.69) is 5.32 Å². The number of hydrogen-bond donors (Lipinski definition) is 2. The van der Waals surface area contributed by atoms with Crippen molar-refractivity contribution >= 4 is 6.09 Å². The fourth-order valence-electron chi connectivity index (χ4n) is 2.75. The van der Waals surface area contributed by atoms with E-state index in [0.717, 1.165) is 44.5 Å². The maximum absolute atomic E-state index is 12.3. The quantitative estimate of drug-likeness (QED) is 0.757. The zero-order valence-electron chi connectivity index (χ0n) is 13.2. The van der Waals surface area contributed by atoms with Crippen LogP contribution in [0.4, 0.5) is 4.79 Å². The molecule has 122 valence electrons. The zero-order chi connectivity index (χ0) is 15.6. The van der Waals surface area contributed by atoms with Crippen molar-refractivity contribution in [1.29, 1.82) is 0 Å². The second-order valence-corrected chi connectivity index (χ2v) is 5.73. The molecule has 0 spiro atoms. The molecule has 1 amide bonds. The maximum Gasteiger partial charge on any atom is 0.410 e. The topological polar surface area (TPSA) is 67.6 Å². The molecule has 3 N–H and O–H groups in total. The first-order valence-corrected chi connectivity index (χ1v) is 8.19. The minimum Gasteiger partial charge on any atom is -0.445 e. The van der Waals surface area contributed by atoms with Gasteiger partial charge in [-0.05, 0) is 44.3 Å². The summed E-state index contributed by atoms with van der Waals surface area (Å²) in [6, 6.07) is 10.0. The van der Waals surface area contributed by atoms with E-state index in [-0.39, 0.29) is 12.1 Å². The van der Waals surface area contributed by atoms with Crippen LogP contribution in [0.1, 0.15) is 31.2 Å². The van der Waals surface area contributed by atoms with Crippen molar-refractivity contribution in [2.75, 3.05) is 26.2 Å². The van der Waals surface area contributed by atoms with E-state index in [4.69, 9.17) is 10.5 Å². The minimum absolute atomic E-state index is 0.200. The molecule has 5 heteroatoms. The lowest BCUT2D eigenvalue weighted by Crippen LogP contribution is -2.48. The average molecular weight is 305 g/mol. The third kappa shape index (κ3) is 5.31. The number of nitrogens with two attached hydrogens (primary N) is 1. The van der Waals surface area contributed by atoms with Gasteiger partial charge >= 0.3 is 6.09 Å². The van der Waals surface area contributed by atoms with Gasteiger partial charge in [-0.1, -0.05) is 30.3 Å². The smallest absolute Gasteiger partial charge is 0.410 e. The summed E-state index contributed by atoms with van der Waals surface area (Å²) in [6.07, 6.45) is 4.03. The van der Waals surface area contributed by atoms with Crippen LogP contribution in [0.2, 0.25) is 0 Å². The molecular weight excluding hydrogens is 278 g/mol. The molecule has 0 aromatic heterocycles. The predicted molar refractivity (Wildman–Crippen MR) is 87.5 cm³/mol. The number of amides is 1. The van der Waals surface area contributed by atoms with Crippen molar-refractivity contribution < 1.29 is 9.53 Å². The first-order valence-electron chi connectivity index (χ1n) is 8.19. The number of piperidine rings is 1. The zero-order valence-corrected chi connectivity index (χ0v) is 13.2. The normalized spacial score (nSPS) is 18.2. The monoisotopic (exact) mass is 305 g/mol. The summed E-state index contributed by atoms with van der Waals surface area (Å²) in [6.45, 7) is 3.54. The van der Waals surface area contributed by atoms with Gasteiger partial charge < -0.3 is 20.7 Å². The highest BCUT2D eigenvalue weighted by Crippen LogP contribution is 2.18. The number of nitrogens with one attached hydrogen (secondary N) is 1. The van der Waals surface area contributed by atoms with E-state index < -0.39 is 0 Å². The van der Waals surface area contributed by atoms with E-state index in [1.807, 2.05) is 35.2 Å². The number of hydrogen-bond acceptors (Lipinski definition) is 4. The largest absolute Gasteiger partial charge is 0.445 e. The van der Waals surface area contributed by atoms with E-state index in [1.165, 1.54) is 6.42 Å². The van der Waals surface area contributed by atoms with Gasteiger partial charge in [0.25, 0.3) is 0 Å². The highest BCUT2D eigenvalue weighted by atomic mass is 16.6. The van der Waals surface area contributed by atoms with Crippen LogP contribution >= 0.6 is 0 Å². The lowest BCUT2D eigenvalue weighted by atomic mass is 10.0. The molecule has 1 aliphatic rings. The Morgan fingerprint density at radius 2 is 2.14 bits per heavy atom. The van der Waals surface area contributed by atoms with E-state index in [1.54, 1.807) is 0 Å². The van der Waals surface area contributed by atoms with Crippen molar-refractivity contribution in [2.24, 2.45) is 5.73 Å². The first-order chi connectivity index (χ1) is 10.8. The molecular formula is C17H27N3O2. The molecule has 0 saturated carbocycles. The summed E-state index contributed by atoms with van der Waals surface area (Å²) in [4.78, 5) is 14.2. The number of rotatable bonds is 7. The van der Waals surface area contributed by atoms with Gasteiger partial charge in [0, 0.05) is 19.1 Å². The standard InChI is InChI=1S/C17H27N3O2/c18-10-6-11-19-13-16-9-4-5-12-20(16)17(21)22-14-15-7-2-1-3-8-15/h1-3,7-8,16,19H,4-6,9-14,18H2. The van der Waals surface area contributed by atoms with E-state index in [0.29, 0.717) is 13.2 Å². The molecule has 1 fully saturated rings. The van der Waals surface area contributed by atoms with Crippen LogP contribution in [0.3, 0.4) is 0 Å². The molecule has 1 heterocycles.